The van der Waals surface area contributed by atoms with Crippen LogP contribution >= 0.6 is 0 Å². The molecule has 1 aliphatic heterocycles. The number of hydrogen-bond acceptors (Lipinski definition) is 4. The van der Waals surface area contributed by atoms with Crippen LogP contribution < -0.4 is 0 Å². The Balaban J connectivity index is 1.65. The highest BCUT2D eigenvalue weighted by Gasteiger charge is 2.38. The molecule has 1 aliphatic carbocycles. The third kappa shape index (κ3) is 4.23. The van der Waals surface area contributed by atoms with Crippen molar-refractivity contribution in [3.05, 3.63) is 18.0 Å². The number of carbonyl (C=O) groups is 1. The molecule has 140 valence electrons. The Kier molecular flexibility index (Phi) is 5.79. The van der Waals surface area contributed by atoms with Crippen LogP contribution in [0.15, 0.2) is 12.4 Å². The van der Waals surface area contributed by atoms with Crippen LogP contribution in [-0.4, -0.2) is 52.5 Å². The van der Waals surface area contributed by atoms with Crippen molar-refractivity contribution in [1.82, 2.24) is 14.7 Å². The molecule has 1 saturated heterocycles. The van der Waals surface area contributed by atoms with Gasteiger partial charge in [0.2, 0.25) is 0 Å². The summed E-state index contributed by atoms with van der Waals surface area (Å²) in [6, 6.07) is 0. The van der Waals surface area contributed by atoms with Gasteiger partial charge in [0.15, 0.2) is 0 Å². The minimum absolute atomic E-state index is 0.103. The number of aryl methyl sites for hydroxylation is 1. The summed E-state index contributed by atoms with van der Waals surface area (Å²) in [5.41, 5.74) is 0.499. The smallest absolute Gasteiger partial charge is 0.251 e. The normalized spacial score (nSPS) is 26.6. The summed E-state index contributed by atoms with van der Waals surface area (Å²) >= 11 is 0. The predicted molar refractivity (Wildman–Crippen MR) is 95.1 cm³/mol. The molecule has 3 rings (SSSR count). The fraction of sp³-hybridized carbons (Fsp3) is 0.789. The Hall–Kier alpha value is -1.40. The van der Waals surface area contributed by atoms with E-state index in [1.165, 1.54) is 19.3 Å². The van der Waals surface area contributed by atoms with Gasteiger partial charge in [-0.2, -0.15) is 5.10 Å². The fourth-order valence-corrected chi connectivity index (χ4v) is 3.89. The predicted octanol–water partition coefficient (Wildman–Crippen LogP) is 2.62. The molecule has 1 aromatic rings. The third-order valence-corrected chi connectivity index (χ3v) is 5.46. The van der Waals surface area contributed by atoms with E-state index in [1.807, 2.05) is 38.2 Å². The van der Waals surface area contributed by atoms with Crippen molar-refractivity contribution in [3.8, 4) is 0 Å². The quantitative estimate of drug-likeness (QED) is 0.820. The van der Waals surface area contributed by atoms with Crippen molar-refractivity contribution in [2.24, 2.45) is 7.05 Å². The molecule has 25 heavy (non-hydrogen) atoms. The highest BCUT2D eigenvalue weighted by molar-refractivity contribution is 5.81. The summed E-state index contributed by atoms with van der Waals surface area (Å²) in [4.78, 5) is 15.0. The van der Waals surface area contributed by atoms with Gasteiger partial charge >= 0.3 is 0 Å². The molecule has 0 spiro atoms. The Labute approximate surface area is 150 Å². The first kappa shape index (κ1) is 18.4. The summed E-state index contributed by atoms with van der Waals surface area (Å²) in [7, 11) is 1.89. The van der Waals surface area contributed by atoms with Crippen LogP contribution in [0.1, 0.15) is 57.9 Å². The molecule has 6 heteroatoms. The van der Waals surface area contributed by atoms with Crippen LogP contribution in [0.2, 0.25) is 0 Å². The van der Waals surface area contributed by atoms with E-state index in [-0.39, 0.29) is 18.1 Å². The highest BCUT2D eigenvalue weighted by Crippen LogP contribution is 2.30. The van der Waals surface area contributed by atoms with Gasteiger partial charge in [0.05, 0.1) is 25.5 Å². The summed E-state index contributed by atoms with van der Waals surface area (Å²) < 4.78 is 14.0. The van der Waals surface area contributed by atoms with Crippen molar-refractivity contribution < 1.29 is 14.3 Å². The number of nitrogens with zero attached hydrogens (tertiary/aromatic N) is 3. The van der Waals surface area contributed by atoms with Crippen molar-refractivity contribution in [1.29, 1.82) is 0 Å². The second kappa shape index (κ2) is 7.87. The Morgan fingerprint density at radius 2 is 2.20 bits per heavy atom. The topological polar surface area (TPSA) is 56.6 Å². The number of aromatic nitrogens is 2. The summed E-state index contributed by atoms with van der Waals surface area (Å²) in [6.45, 7) is 5.77. The van der Waals surface area contributed by atoms with E-state index in [0.717, 1.165) is 24.8 Å². The summed E-state index contributed by atoms with van der Waals surface area (Å²) in [5, 5.41) is 4.24. The molecule has 0 radical (unpaired) electrons. The third-order valence-electron chi connectivity index (χ3n) is 5.46. The van der Waals surface area contributed by atoms with Gasteiger partial charge in [-0.1, -0.05) is 26.2 Å². The minimum atomic E-state index is -0.509. The lowest BCUT2D eigenvalue weighted by molar-refractivity contribution is -0.165. The molecule has 2 atom stereocenters. The largest absolute Gasteiger partial charge is 0.367 e. The zero-order valence-corrected chi connectivity index (χ0v) is 15.7. The lowest BCUT2D eigenvalue weighted by Crippen LogP contribution is -2.53. The Morgan fingerprint density at radius 3 is 2.84 bits per heavy atom. The van der Waals surface area contributed by atoms with Crippen LogP contribution in [0.25, 0.3) is 0 Å². The average Bonchev–Trinajstić information content (AvgIpc) is 3.07. The molecule has 6 nitrogen and oxygen atoms in total. The number of amides is 1. The molecule has 0 unspecified atom stereocenters. The summed E-state index contributed by atoms with van der Waals surface area (Å²) in [6.07, 6.45) is 10.3. The number of morpholine rings is 1. The van der Waals surface area contributed by atoms with E-state index >= 15 is 0 Å². The van der Waals surface area contributed by atoms with Crippen LogP contribution in [0.5, 0.6) is 0 Å². The maximum Gasteiger partial charge on any atom is 0.251 e. The van der Waals surface area contributed by atoms with E-state index in [0.29, 0.717) is 19.7 Å². The van der Waals surface area contributed by atoms with Crippen molar-refractivity contribution in [2.75, 3.05) is 19.7 Å². The van der Waals surface area contributed by atoms with Gasteiger partial charge in [-0.15, -0.1) is 0 Å². The fourth-order valence-electron chi connectivity index (χ4n) is 3.89. The molecule has 2 heterocycles. The Bertz CT molecular complexity index is 582. The van der Waals surface area contributed by atoms with E-state index in [9.17, 15) is 4.79 Å². The SMILES string of the molecule is CC[C@H](OC1CCCCC1)C(=O)N1CCO[C@@](C)(c2cnn(C)c2)C1. The number of hydrogen-bond donors (Lipinski definition) is 0. The maximum atomic E-state index is 13.1. The van der Waals surface area contributed by atoms with Crippen LogP contribution in [-0.2, 0) is 26.9 Å². The maximum absolute atomic E-state index is 13.1. The van der Waals surface area contributed by atoms with Crippen LogP contribution in [0.4, 0.5) is 0 Å². The monoisotopic (exact) mass is 349 g/mol. The van der Waals surface area contributed by atoms with Crippen molar-refractivity contribution in [2.45, 2.75) is 70.2 Å². The molecule has 0 N–H and O–H groups in total. The molecular formula is C19H31N3O3. The van der Waals surface area contributed by atoms with Gasteiger partial charge in [0.25, 0.3) is 5.91 Å². The van der Waals surface area contributed by atoms with Crippen LogP contribution in [0, 0.1) is 0 Å². The average molecular weight is 349 g/mol. The standard InChI is InChI=1S/C19H31N3O3/c1-4-17(25-16-8-6-5-7-9-16)18(23)22-10-11-24-19(2,14-22)15-12-20-21(3)13-15/h12-13,16-17H,4-11,14H2,1-3H3/t17-,19+/m0/s1. The first-order chi connectivity index (χ1) is 12.0. The summed E-state index contributed by atoms with van der Waals surface area (Å²) in [5.74, 6) is 0.103. The van der Waals surface area contributed by atoms with Gasteiger partial charge in [-0.05, 0) is 26.2 Å². The molecule has 1 amide bonds. The highest BCUT2D eigenvalue weighted by atomic mass is 16.5. The lowest BCUT2D eigenvalue weighted by atomic mass is 9.96. The van der Waals surface area contributed by atoms with Gasteiger partial charge < -0.3 is 14.4 Å². The van der Waals surface area contributed by atoms with E-state index in [2.05, 4.69) is 5.10 Å². The van der Waals surface area contributed by atoms with Gasteiger partial charge in [-0.25, -0.2) is 0 Å². The van der Waals surface area contributed by atoms with E-state index in [1.54, 1.807) is 4.68 Å². The van der Waals surface area contributed by atoms with Gasteiger partial charge in [-0.3, -0.25) is 9.48 Å². The second-order valence-corrected chi connectivity index (χ2v) is 7.53. The van der Waals surface area contributed by atoms with Crippen molar-refractivity contribution >= 4 is 5.91 Å². The number of ether oxygens (including phenoxy) is 2. The second-order valence-electron chi connectivity index (χ2n) is 7.53. The zero-order valence-electron chi connectivity index (χ0n) is 15.7. The first-order valence-electron chi connectivity index (χ1n) is 9.59. The molecular weight excluding hydrogens is 318 g/mol. The van der Waals surface area contributed by atoms with Crippen molar-refractivity contribution in [3.63, 3.8) is 0 Å². The van der Waals surface area contributed by atoms with Gasteiger partial charge in [0, 0.05) is 25.4 Å². The molecule has 2 fully saturated rings. The number of carbonyl (C=O) groups excluding carboxylic acids is 1. The number of rotatable bonds is 5. The molecule has 1 saturated carbocycles. The first-order valence-corrected chi connectivity index (χ1v) is 9.59. The lowest BCUT2D eigenvalue weighted by Gasteiger charge is -2.41. The van der Waals surface area contributed by atoms with E-state index in [4.69, 9.17) is 9.47 Å². The molecule has 0 aromatic carbocycles. The van der Waals surface area contributed by atoms with E-state index < -0.39 is 5.60 Å². The van der Waals surface area contributed by atoms with Gasteiger partial charge in [0.1, 0.15) is 11.7 Å². The zero-order chi connectivity index (χ0) is 17.9. The Morgan fingerprint density at radius 1 is 1.44 bits per heavy atom. The van der Waals surface area contributed by atoms with Crippen LogP contribution in [0.3, 0.4) is 0 Å². The molecule has 0 bridgehead atoms. The molecule has 1 aromatic heterocycles. The molecule has 2 aliphatic rings. The minimum Gasteiger partial charge on any atom is -0.367 e.